The number of rotatable bonds is 6. The highest BCUT2D eigenvalue weighted by atomic mass is 32.1. The third kappa shape index (κ3) is 3.36. The van der Waals surface area contributed by atoms with Crippen molar-refractivity contribution in [3.8, 4) is 0 Å². The summed E-state index contributed by atoms with van der Waals surface area (Å²) in [6.07, 6.45) is 2.34. The molecule has 0 radical (unpaired) electrons. The van der Waals surface area contributed by atoms with Gasteiger partial charge in [0.1, 0.15) is 10.7 Å². The molecule has 112 valence electrons. The maximum absolute atomic E-state index is 12.6. The van der Waals surface area contributed by atoms with Crippen LogP contribution in [0.15, 0.2) is 17.5 Å². The van der Waals surface area contributed by atoms with E-state index >= 15 is 0 Å². The molecule has 1 aliphatic rings. The first kappa shape index (κ1) is 14.3. The number of nitrogen functional groups attached to an aromatic ring is 1. The van der Waals surface area contributed by atoms with Crippen LogP contribution in [0.25, 0.3) is 0 Å². The van der Waals surface area contributed by atoms with Gasteiger partial charge in [-0.25, -0.2) is 4.98 Å². The van der Waals surface area contributed by atoms with Crippen molar-refractivity contribution in [1.29, 1.82) is 0 Å². The largest absolute Gasteiger partial charge is 0.382 e. The number of thiophene rings is 1. The Morgan fingerprint density at radius 2 is 2.38 bits per heavy atom. The van der Waals surface area contributed by atoms with Crippen molar-refractivity contribution >= 4 is 39.5 Å². The predicted octanol–water partition coefficient (Wildman–Crippen LogP) is 3.02. The molecule has 0 unspecified atom stereocenters. The van der Waals surface area contributed by atoms with Crippen molar-refractivity contribution < 1.29 is 4.79 Å². The minimum Gasteiger partial charge on any atom is -0.382 e. The molecule has 0 spiro atoms. The number of nitrogens with zero attached hydrogens (tertiary/aromatic N) is 2. The summed E-state index contributed by atoms with van der Waals surface area (Å²) in [4.78, 5) is 20.4. The summed E-state index contributed by atoms with van der Waals surface area (Å²) in [5, 5.41) is 6.07. The van der Waals surface area contributed by atoms with E-state index in [1.807, 2.05) is 24.4 Å². The molecule has 0 aliphatic heterocycles. The fraction of sp³-hybridized carbons (Fsp3) is 0.429. The van der Waals surface area contributed by atoms with Crippen LogP contribution >= 0.6 is 22.7 Å². The molecule has 2 aromatic rings. The summed E-state index contributed by atoms with van der Waals surface area (Å²) >= 11 is 3.01. The minimum atomic E-state index is -0.0373. The fourth-order valence-corrected chi connectivity index (χ4v) is 3.66. The number of hydrogen-bond acceptors (Lipinski definition) is 6. The number of nitrogens with one attached hydrogen (secondary N) is 1. The first-order valence-electron chi connectivity index (χ1n) is 7.02. The number of hydrogen-bond donors (Lipinski definition) is 2. The summed E-state index contributed by atoms with van der Waals surface area (Å²) in [5.74, 6) is 0.294. The lowest BCUT2D eigenvalue weighted by Gasteiger charge is -2.19. The van der Waals surface area contributed by atoms with Gasteiger partial charge in [0.2, 0.25) is 0 Å². The molecule has 0 atom stereocenters. The molecule has 1 amide bonds. The SMILES string of the molecule is CCN(Cc1cccs1)C(=O)c1sc(NC2CC2)nc1N. The second kappa shape index (κ2) is 6.03. The zero-order valence-electron chi connectivity index (χ0n) is 11.8. The van der Waals surface area contributed by atoms with Crippen LogP contribution in [0.4, 0.5) is 10.9 Å². The van der Waals surface area contributed by atoms with E-state index in [0.29, 0.717) is 29.8 Å². The van der Waals surface area contributed by atoms with Gasteiger partial charge in [-0.3, -0.25) is 4.79 Å². The average molecular weight is 322 g/mol. The molecule has 7 heteroatoms. The Balaban J connectivity index is 1.74. The van der Waals surface area contributed by atoms with E-state index in [-0.39, 0.29) is 5.91 Å². The summed E-state index contributed by atoms with van der Waals surface area (Å²) in [7, 11) is 0. The van der Waals surface area contributed by atoms with Gasteiger partial charge >= 0.3 is 0 Å². The molecule has 3 N–H and O–H groups in total. The van der Waals surface area contributed by atoms with Crippen molar-refractivity contribution in [2.75, 3.05) is 17.6 Å². The topological polar surface area (TPSA) is 71.2 Å². The van der Waals surface area contributed by atoms with E-state index in [0.717, 1.165) is 5.13 Å². The molecule has 2 aromatic heterocycles. The van der Waals surface area contributed by atoms with E-state index in [9.17, 15) is 4.79 Å². The maximum atomic E-state index is 12.6. The highest BCUT2D eigenvalue weighted by Gasteiger charge is 2.25. The molecule has 0 bridgehead atoms. The number of carbonyl (C=O) groups excluding carboxylic acids is 1. The number of carbonyl (C=O) groups is 1. The van der Waals surface area contributed by atoms with Crippen LogP contribution in [0.2, 0.25) is 0 Å². The first-order valence-corrected chi connectivity index (χ1v) is 8.71. The molecule has 1 saturated carbocycles. The summed E-state index contributed by atoms with van der Waals surface area (Å²) in [6.45, 7) is 3.25. The Hall–Kier alpha value is -1.60. The molecule has 0 aromatic carbocycles. The third-order valence-corrected chi connectivity index (χ3v) is 5.20. The number of aromatic nitrogens is 1. The Kier molecular flexibility index (Phi) is 4.12. The van der Waals surface area contributed by atoms with Gasteiger partial charge in [-0.15, -0.1) is 11.3 Å². The quantitative estimate of drug-likeness (QED) is 0.857. The van der Waals surface area contributed by atoms with Crippen molar-refractivity contribution in [2.24, 2.45) is 0 Å². The van der Waals surface area contributed by atoms with Gasteiger partial charge in [-0.2, -0.15) is 0 Å². The van der Waals surface area contributed by atoms with Crippen molar-refractivity contribution in [1.82, 2.24) is 9.88 Å². The predicted molar refractivity (Wildman–Crippen MR) is 87.9 cm³/mol. The molecule has 2 heterocycles. The van der Waals surface area contributed by atoms with Crippen molar-refractivity contribution in [3.05, 3.63) is 27.3 Å². The van der Waals surface area contributed by atoms with Crippen molar-refractivity contribution in [2.45, 2.75) is 32.4 Å². The normalized spacial score (nSPS) is 14.1. The lowest BCUT2D eigenvalue weighted by atomic mass is 10.3. The zero-order chi connectivity index (χ0) is 14.8. The Labute approximate surface area is 131 Å². The van der Waals surface area contributed by atoms with Crippen LogP contribution in [0.3, 0.4) is 0 Å². The number of thiazole rings is 1. The Bertz CT molecular complexity index is 619. The molecule has 1 fully saturated rings. The van der Waals surface area contributed by atoms with E-state index in [1.165, 1.54) is 29.1 Å². The van der Waals surface area contributed by atoms with Gasteiger partial charge in [0.25, 0.3) is 5.91 Å². The van der Waals surface area contributed by atoms with Crippen LogP contribution in [0.5, 0.6) is 0 Å². The number of anilines is 2. The van der Waals surface area contributed by atoms with Crippen molar-refractivity contribution in [3.63, 3.8) is 0 Å². The lowest BCUT2D eigenvalue weighted by molar-refractivity contribution is 0.0760. The van der Waals surface area contributed by atoms with Gasteiger partial charge < -0.3 is 16.0 Å². The highest BCUT2D eigenvalue weighted by Crippen LogP contribution is 2.31. The summed E-state index contributed by atoms with van der Waals surface area (Å²) in [6, 6.07) is 4.54. The van der Waals surface area contributed by atoms with E-state index in [2.05, 4.69) is 10.3 Å². The van der Waals surface area contributed by atoms with Gasteiger partial charge in [0.15, 0.2) is 5.13 Å². The maximum Gasteiger partial charge on any atom is 0.268 e. The molecule has 5 nitrogen and oxygen atoms in total. The van der Waals surface area contributed by atoms with Crippen LogP contribution in [-0.4, -0.2) is 28.4 Å². The fourth-order valence-electron chi connectivity index (χ4n) is 2.01. The van der Waals surface area contributed by atoms with Gasteiger partial charge in [0.05, 0.1) is 6.54 Å². The monoisotopic (exact) mass is 322 g/mol. The molecule has 21 heavy (non-hydrogen) atoms. The molecular formula is C14H18N4OS2. The lowest BCUT2D eigenvalue weighted by Crippen LogP contribution is -2.29. The summed E-state index contributed by atoms with van der Waals surface area (Å²) in [5.41, 5.74) is 5.92. The van der Waals surface area contributed by atoms with Crippen LogP contribution in [0, 0.1) is 0 Å². The first-order chi connectivity index (χ1) is 10.2. The van der Waals surface area contributed by atoms with E-state index in [1.54, 1.807) is 16.2 Å². The molecule has 0 saturated heterocycles. The number of nitrogens with two attached hydrogens (primary N) is 1. The van der Waals surface area contributed by atoms with E-state index in [4.69, 9.17) is 5.73 Å². The molecule has 1 aliphatic carbocycles. The molecular weight excluding hydrogens is 304 g/mol. The second-order valence-corrected chi connectivity index (χ2v) is 7.08. The van der Waals surface area contributed by atoms with Crippen LogP contribution in [-0.2, 0) is 6.54 Å². The smallest absolute Gasteiger partial charge is 0.268 e. The van der Waals surface area contributed by atoms with Crippen LogP contribution < -0.4 is 11.1 Å². The Morgan fingerprint density at radius 3 is 3.00 bits per heavy atom. The standard InChI is InChI=1S/C14H18N4OS2/c1-2-18(8-10-4-3-7-20-10)13(19)11-12(15)17-14(21-11)16-9-5-6-9/h3-4,7,9H,2,5-6,8,15H2,1H3,(H,16,17). The third-order valence-electron chi connectivity index (χ3n) is 3.35. The highest BCUT2D eigenvalue weighted by molar-refractivity contribution is 7.18. The van der Waals surface area contributed by atoms with Gasteiger partial charge in [-0.1, -0.05) is 17.4 Å². The Morgan fingerprint density at radius 1 is 1.57 bits per heavy atom. The molecule has 3 rings (SSSR count). The van der Waals surface area contributed by atoms with E-state index < -0.39 is 0 Å². The van der Waals surface area contributed by atoms with Gasteiger partial charge in [-0.05, 0) is 31.2 Å². The van der Waals surface area contributed by atoms with Crippen LogP contribution in [0.1, 0.15) is 34.3 Å². The zero-order valence-corrected chi connectivity index (χ0v) is 13.5. The summed E-state index contributed by atoms with van der Waals surface area (Å²) < 4.78 is 0. The average Bonchev–Trinajstić information content (AvgIpc) is 2.99. The second-order valence-electron chi connectivity index (χ2n) is 5.05. The minimum absolute atomic E-state index is 0.0373. The van der Waals surface area contributed by atoms with Gasteiger partial charge in [0, 0.05) is 17.5 Å². The number of amides is 1.